The Morgan fingerprint density at radius 2 is 1.77 bits per heavy atom. The van der Waals surface area contributed by atoms with Gasteiger partial charge in [-0.05, 0) is 29.8 Å². The van der Waals surface area contributed by atoms with E-state index in [1.165, 1.54) is 6.20 Å². The van der Waals surface area contributed by atoms with Gasteiger partial charge in [0.2, 0.25) is 6.79 Å². The smallest absolute Gasteiger partial charge is 0.263 e. The quantitative estimate of drug-likeness (QED) is 0.727. The zero-order valence-electron chi connectivity index (χ0n) is 13.0. The van der Waals surface area contributed by atoms with E-state index in [0.29, 0.717) is 28.7 Å². The van der Waals surface area contributed by atoms with E-state index in [1.54, 1.807) is 18.2 Å². The number of rotatable bonds is 4. The van der Waals surface area contributed by atoms with Gasteiger partial charge >= 0.3 is 0 Å². The molecule has 7 nitrogen and oxygen atoms in total. The Morgan fingerprint density at radius 1 is 1.04 bits per heavy atom. The summed E-state index contributed by atoms with van der Waals surface area (Å²) in [6.07, 6.45) is 1.42. The van der Waals surface area contributed by atoms with Gasteiger partial charge in [0.25, 0.3) is 10.0 Å². The summed E-state index contributed by atoms with van der Waals surface area (Å²) in [4.78, 5) is -0.541. The highest BCUT2D eigenvalue weighted by Crippen LogP contribution is 2.37. The maximum atomic E-state index is 13.3. The van der Waals surface area contributed by atoms with Gasteiger partial charge in [0.05, 0.1) is 11.1 Å². The monoisotopic (exact) mass is 379 g/mol. The number of H-pyrrole nitrogens is 1. The fourth-order valence-corrected chi connectivity index (χ4v) is 3.60. The Hall–Kier alpha value is -3.14. The molecule has 1 aliphatic heterocycles. The number of hydrogen-bond acceptors (Lipinski definition) is 5. The normalized spacial score (nSPS) is 13.0. The summed E-state index contributed by atoms with van der Waals surface area (Å²) in [5.74, 6) is -0.843. The molecular formula is C16H11F2N3O4S. The van der Waals surface area contributed by atoms with Gasteiger partial charge in [-0.15, -0.1) is 0 Å². The molecule has 0 aliphatic carbocycles. The van der Waals surface area contributed by atoms with Gasteiger partial charge in [-0.1, -0.05) is 6.07 Å². The molecule has 3 aromatic rings. The van der Waals surface area contributed by atoms with Crippen LogP contribution in [0, 0.1) is 11.6 Å². The molecular weight excluding hydrogens is 368 g/mol. The van der Waals surface area contributed by atoms with Gasteiger partial charge in [-0.3, -0.25) is 9.82 Å². The Labute approximate surface area is 146 Å². The molecule has 10 heteroatoms. The van der Waals surface area contributed by atoms with E-state index < -0.39 is 26.6 Å². The minimum atomic E-state index is -4.23. The number of nitrogens with zero attached hydrogens (tertiary/aromatic N) is 1. The molecule has 0 radical (unpaired) electrons. The highest BCUT2D eigenvalue weighted by molar-refractivity contribution is 7.92. The fourth-order valence-electron chi connectivity index (χ4n) is 2.52. The van der Waals surface area contributed by atoms with E-state index in [-0.39, 0.29) is 12.6 Å². The van der Waals surface area contributed by atoms with E-state index in [9.17, 15) is 17.2 Å². The summed E-state index contributed by atoms with van der Waals surface area (Å²) >= 11 is 0. The number of sulfonamides is 1. The highest BCUT2D eigenvalue weighted by atomic mass is 32.2. The number of aromatic nitrogens is 2. The van der Waals surface area contributed by atoms with Gasteiger partial charge in [0.15, 0.2) is 11.5 Å². The van der Waals surface area contributed by atoms with Crippen LogP contribution in [0.4, 0.5) is 14.6 Å². The van der Waals surface area contributed by atoms with Crippen molar-refractivity contribution in [1.82, 2.24) is 10.2 Å². The molecule has 0 atom stereocenters. The largest absolute Gasteiger partial charge is 0.454 e. The number of benzene rings is 2. The molecule has 0 unspecified atom stereocenters. The second-order valence-electron chi connectivity index (χ2n) is 5.44. The van der Waals surface area contributed by atoms with Crippen molar-refractivity contribution in [3.63, 3.8) is 0 Å². The van der Waals surface area contributed by atoms with Crippen LogP contribution < -0.4 is 14.2 Å². The number of nitrogens with one attached hydrogen (secondary N) is 2. The first-order valence-electron chi connectivity index (χ1n) is 7.35. The lowest BCUT2D eigenvalue weighted by Crippen LogP contribution is -2.14. The van der Waals surface area contributed by atoms with Crippen LogP contribution in [0.25, 0.3) is 11.1 Å². The van der Waals surface area contributed by atoms with Crippen LogP contribution in [0.3, 0.4) is 0 Å². The number of halogens is 2. The summed E-state index contributed by atoms with van der Waals surface area (Å²) in [7, 11) is -4.23. The van der Waals surface area contributed by atoms with Gasteiger partial charge in [0.1, 0.15) is 17.5 Å². The van der Waals surface area contributed by atoms with Crippen molar-refractivity contribution >= 4 is 15.8 Å². The summed E-state index contributed by atoms with van der Waals surface area (Å²) < 4.78 is 64.3. The van der Waals surface area contributed by atoms with Crippen LogP contribution in [0.1, 0.15) is 0 Å². The lowest BCUT2D eigenvalue weighted by Gasteiger charge is -2.09. The molecule has 2 aromatic carbocycles. The summed E-state index contributed by atoms with van der Waals surface area (Å²) in [6, 6.07) is 7.10. The maximum Gasteiger partial charge on any atom is 0.263 e. The van der Waals surface area contributed by atoms with Gasteiger partial charge in [0, 0.05) is 11.6 Å². The Kier molecular flexibility index (Phi) is 3.76. The van der Waals surface area contributed by atoms with Crippen molar-refractivity contribution < 1.29 is 26.7 Å². The predicted molar refractivity (Wildman–Crippen MR) is 87.3 cm³/mol. The molecule has 0 bridgehead atoms. The zero-order chi connectivity index (χ0) is 18.3. The minimum absolute atomic E-state index is 0.0496. The van der Waals surface area contributed by atoms with E-state index in [4.69, 9.17) is 9.47 Å². The Bertz CT molecular complexity index is 1080. The van der Waals surface area contributed by atoms with Crippen LogP contribution >= 0.6 is 0 Å². The molecule has 0 saturated carbocycles. The van der Waals surface area contributed by atoms with Crippen molar-refractivity contribution in [2.75, 3.05) is 11.5 Å². The average Bonchev–Trinajstić information content (AvgIpc) is 3.21. The molecule has 4 rings (SSSR count). The molecule has 0 saturated heterocycles. The summed E-state index contributed by atoms with van der Waals surface area (Å²) in [5.41, 5.74) is 1.05. The molecule has 0 spiro atoms. The third-order valence-electron chi connectivity index (χ3n) is 3.71. The molecule has 0 fully saturated rings. The van der Waals surface area contributed by atoms with Crippen molar-refractivity contribution in [3.05, 3.63) is 54.2 Å². The van der Waals surface area contributed by atoms with Crippen LogP contribution in [0.2, 0.25) is 0 Å². The molecule has 1 aliphatic rings. The van der Waals surface area contributed by atoms with E-state index in [1.807, 2.05) is 0 Å². The van der Waals surface area contributed by atoms with Crippen molar-refractivity contribution in [2.24, 2.45) is 0 Å². The molecule has 2 N–H and O–H groups in total. The number of aromatic amines is 1. The first kappa shape index (κ1) is 16.3. The molecule has 0 amide bonds. The van der Waals surface area contributed by atoms with Gasteiger partial charge in [-0.2, -0.15) is 5.10 Å². The lowest BCUT2D eigenvalue weighted by molar-refractivity contribution is 0.174. The van der Waals surface area contributed by atoms with Crippen LogP contribution in [0.5, 0.6) is 11.5 Å². The van der Waals surface area contributed by atoms with E-state index in [2.05, 4.69) is 14.9 Å². The topological polar surface area (TPSA) is 93.3 Å². The summed E-state index contributed by atoms with van der Waals surface area (Å²) in [6.45, 7) is 0.106. The lowest BCUT2D eigenvalue weighted by atomic mass is 10.1. The maximum absolute atomic E-state index is 13.3. The van der Waals surface area contributed by atoms with Gasteiger partial charge in [-0.25, -0.2) is 17.2 Å². The SMILES string of the molecule is O=S(=O)(Nc1[nH]ncc1-c1ccc2c(c1)OCO2)c1cc(F)cc(F)c1. The number of anilines is 1. The molecule has 134 valence electrons. The first-order chi connectivity index (χ1) is 12.4. The molecule has 1 aromatic heterocycles. The van der Waals surface area contributed by atoms with Crippen molar-refractivity contribution in [1.29, 1.82) is 0 Å². The fraction of sp³-hybridized carbons (Fsp3) is 0.0625. The molecule has 2 heterocycles. The number of hydrogen-bond donors (Lipinski definition) is 2. The van der Waals surface area contributed by atoms with E-state index in [0.717, 1.165) is 12.1 Å². The highest BCUT2D eigenvalue weighted by Gasteiger charge is 2.21. The molecule has 26 heavy (non-hydrogen) atoms. The van der Waals surface area contributed by atoms with Gasteiger partial charge < -0.3 is 9.47 Å². The van der Waals surface area contributed by atoms with Crippen LogP contribution in [0.15, 0.2) is 47.5 Å². The second-order valence-corrected chi connectivity index (χ2v) is 7.12. The van der Waals surface area contributed by atoms with E-state index >= 15 is 0 Å². The Balaban J connectivity index is 1.69. The Morgan fingerprint density at radius 3 is 2.54 bits per heavy atom. The minimum Gasteiger partial charge on any atom is -0.454 e. The predicted octanol–water partition coefficient (Wildman–Crippen LogP) is 2.88. The average molecular weight is 379 g/mol. The number of ether oxygens (including phenoxy) is 2. The third kappa shape index (κ3) is 2.94. The van der Waals surface area contributed by atoms with Crippen LogP contribution in [-0.4, -0.2) is 25.4 Å². The summed E-state index contributed by atoms with van der Waals surface area (Å²) in [5, 5.41) is 6.36. The number of fused-ring (bicyclic) bond motifs is 1. The standard InChI is InChI=1S/C16H11F2N3O4S/c17-10-4-11(18)6-12(5-10)26(22,23)21-16-13(7-19-20-16)9-1-2-14-15(3-9)25-8-24-14/h1-7H,8H2,(H2,19,20,21). The van der Waals surface area contributed by atoms with Crippen molar-refractivity contribution in [2.45, 2.75) is 4.90 Å². The van der Waals surface area contributed by atoms with Crippen molar-refractivity contribution in [3.8, 4) is 22.6 Å². The zero-order valence-corrected chi connectivity index (χ0v) is 13.8. The third-order valence-corrected chi connectivity index (χ3v) is 5.03. The first-order valence-corrected chi connectivity index (χ1v) is 8.83. The second kappa shape index (κ2) is 5.99. The van der Waals surface area contributed by atoms with Crippen LogP contribution in [-0.2, 0) is 10.0 Å².